The van der Waals surface area contributed by atoms with Crippen molar-refractivity contribution < 1.29 is 14.3 Å². The van der Waals surface area contributed by atoms with Crippen molar-refractivity contribution in [2.45, 2.75) is 27.3 Å². The number of carbonyl (C=O) groups is 1. The van der Waals surface area contributed by atoms with E-state index in [0.29, 0.717) is 47.0 Å². The number of rotatable bonds is 8. The van der Waals surface area contributed by atoms with Crippen LogP contribution in [0.3, 0.4) is 0 Å². The SMILES string of the molecule is CCOc1ccc(C(=O)N(Cc2cccnc2)c2nc3c(C)c(Cl)ccc3s2)cc1OCC. The molecule has 4 rings (SSSR count). The summed E-state index contributed by atoms with van der Waals surface area (Å²) in [5.41, 5.74) is 3.08. The molecule has 0 aliphatic carbocycles. The number of halogens is 1. The molecule has 0 aliphatic heterocycles. The number of aromatic nitrogens is 2. The summed E-state index contributed by atoms with van der Waals surface area (Å²) in [4.78, 5) is 24.4. The third kappa shape index (κ3) is 4.94. The Morgan fingerprint density at radius 3 is 2.61 bits per heavy atom. The molecule has 0 unspecified atom stereocenters. The molecule has 2 heterocycles. The predicted molar refractivity (Wildman–Crippen MR) is 133 cm³/mol. The first-order valence-electron chi connectivity index (χ1n) is 10.7. The minimum absolute atomic E-state index is 0.189. The lowest BCUT2D eigenvalue weighted by Gasteiger charge is -2.21. The van der Waals surface area contributed by atoms with Gasteiger partial charge in [0.25, 0.3) is 5.91 Å². The van der Waals surface area contributed by atoms with Crippen molar-refractivity contribution in [2.24, 2.45) is 0 Å². The second-order valence-electron chi connectivity index (χ2n) is 7.30. The van der Waals surface area contributed by atoms with Crippen molar-refractivity contribution in [3.8, 4) is 11.5 Å². The molecule has 0 aliphatic rings. The summed E-state index contributed by atoms with van der Waals surface area (Å²) in [6.07, 6.45) is 3.46. The summed E-state index contributed by atoms with van der Waals surface area (Å²) >= 11 is 7.76. The lowest BCUT2D eigenvalue weighted by atomic mass is 10.1. The molecule has 4 aromatic rings. The minimum atomic E-state index is -0.189. The number of carbonyl (C=O) groups excluding carboxylic acids is 1. The van der Waals surface area contributed by atoms with E-state index >= 15 is 0 Å². The monoisotopic (exact) mass is 481 g/mol. The van der Waals surface area contributed by atoms with Crippen LogP contribution in [-0.4, -0.2) is 29.1 Å². The Morgan fingerprint density at radius 2 is 1.88 bits per heavy atom. The van der Waals surface area contributed by atoms with Gasteiger partial charge in [0.05, 0.1) is 30.0 Å². The molecule has 0 saturated carbocycles. The number of anilines is 1. The molecule has 8 heteroatoms. The van der Waals surface area contributed by atoms with Crippen molar-refractivity contribution in [1.29, 1.82) is 0 Å². The fourth-order valence-corrected chi connectivity index (χ4v) is 4.62. The van der Waals surface area contributed by atoms with Crippen LogP contribution in [0.5, 0.6) is 11.5 Å². The molecule has 0 radical (unpaired) electrons. The van der Waals surface area contributed by atoms with Gasteiger partial charge in [0.2, 0.25) is 0 Å². The van der Waals surface area contributed by atoms with E-state index in [1.807, 2.05) is 45.0 Å². The van der Waals surface area contributed by atoms with Gasteiger partial charge in [0.15, 0.2) is 16.6 Å². The third-order valence-corrected chi connectivity index (χ3v) is 6.52. The Bertz CT molecular complexity index is 1280. The highest BCUT2D eigenvalue weighted by molar-refractivity contribution is 7.22. The lowest BCUT2D eigenvalue weighted by molar-refractivity contribution is 0.0984. The molecule has 0 N–H and O–H groups in total. The normalized spacial score (nSPS) is 10.9. The number of pyridine rings is 1. The number of ether oxygens (including phenoxy) is 2. The number of hydrogen-bond acceptors (Lipinski definition) is 6. The summed E-state index contributed by atoms with van der Waals surface area (Å²) in [7, 11) is 0. The van der Waals surface area contributed by atoms with E-state index in [2.05, 4.69) is 4.98 Å². The minimum Gasteiger partial charge on any atom is -0.490 e. The second kappa shape index (κ2) is 10.2. The number of aryl methyl sites for hydroxylation is 1. The summed E-state index contributed by atoms with van der Waals surface area (Å²) in [6, 6.07) is 12.8. The maximum absolute atomic E-state index is 13.8. The average Bonchev–Trinajstić information content (AvgIpc) is 3.26. The van der Waals surface area contributed by atoms with Crippen LogP contribution in [0.2, 0.25) is 5.02 Å². The third-order valence-electron chi connectivity index (χ3n) is 5.07. The van der Waals surface area contributed by atoms with E-state index in [0.717, 1.165) is 21.3 Å². The zero-order valence-electron chi connectivity index (χ0n) is 18.7. The number of fused-ring (bicyclic) bond motifs is 1. The van der Waals surface area contributed by atoms with E-state index in [-0.39, 0.29) is 5.91 Å². The second-order valence-corrected chi connectivity index (χ2v) is 8.71. The molecule has 1 amide bonds. The van der Waals surface area contributed by atoms with E-state index in [9.17, 15) is 4.79 Å². The van der Waals surface area contributed by atoms with Crippen LogP contribution >= 0.6 is 22.9 Å². The Labute approximate surface area is 201 Å². The van der Waals surface area contributed by atoms with Crippen LogP contribution in [0.4, 0.5) is 5.13 Å². The van der Waals surface area contributed by atoms with Crippen LogP contribution in [-0.2, 0) is 6.54 Å². The summed E-state index contributed by atoms with van der Waals surface area (Å²) in [6.45, 7) is 7.04. The van der Waals surface area contributed by atoms with Crippen molar-refractivity contribution in [2.75, 3.05) is 18.1 Å². The molecule has 0 saturated heterocycles. The summed E-state index contributed by atoms with van der Waals surface area (Å²) < 4.78 is 12.3. The average molecular weight is 482 g/mol. The van der Waals surface area contributed by atoms with Gasteiger partial charge in [0.1, 0.15) is 0 Å². The topological polar surface area (TPSA) is 64.5 Å². The largest absolute Gasteiger partial charge is 0.490 e. The summed E-state index contributed by atoms with van der Waals surface area (Å²) in [5, 5.41) is 1.24. The van der Waals surface area contributed by atoms with Crippen LogP contribution < -0.4 is 14.4 Å². The number of nitrogens with zero attached hydrogens (tertiary/aromatic N) is 3. The van der Waals surface area contributed by atoms with Gasteiger partial charge in [-0.05, 0) is 68.3 Å². The highest BCUT2D eigenvalue weighted by atomic mass is 35.5. The molecule has 2 aromatic heterocycles. The smallest absolute Gasteiger partial charge is 0.260 e. The molecule has 2 aromatic carbocycles. The van der Waals surface area contributed by atoms with Crippen molar-refractivity contribution in [1.82, 2.24) is 9.97 Å². The highest BCUT2D eigenvalue weighted by Gasteiger charge is 2.24. The Morgan fingerprint density at radius 1 is 1.09 bits per heavy atom. The Kier molecular flexibility index (Phi) is 7.11. The molecule has 33 heavy (non-hydrogen) atoms. The lowest BCUT2D eigenvalue weighted by Crippen LogP contribution is -2.30. The van der Waals surface area contributed by atoms with Gasteiger partial charge in [-0.3, -0.25) is 14.7 Å². The van der Waals surface area contributed by atoms with Gasteiger partial charge in [-0.1, -0.05) is 29.0 Å². The maximum atomic E-state index is 13.8. The van der Waals surface area contributed by atoms with Crippen LogP contribution in [0.25, 0.3) is 10.2 Å². The van der Waals surface area contributed by atoms with Crippen molar-refractivity contribution in [3.05, 3.63) is 76.6 Å². The van der Waals surface area contributed by atoms with E-state index < -0.39 is 0 Å². The van der Waals surface area contributed by atoms with Gasteiger partial charge < -0.3 is 9.47 Å². The van der Waals surface area contributed by atoms with E-state index in [4.69, 9.17) is 26.1 Å². The van der Waals surface area contributed by atoms with Crippen molar-refractivity contribution >= 4 is 44.2 Å². The van der Waals surface area contributed by atoms with Gasteiger partial charge >= 0.3 is 0 Å². The van der Waals surface area contributed by atoms with E-state index in [1.165, 1.54) is 11.3 Å². The van der Waals surface area contributed by atoms with Gasteiger partial charge in [0, 0.05) is 23.0 Å². The Hall–Kier alpha value is -3.16. The molecule has 0 bridgehead atoms. The van der Waals surface area contributed by atoms with Gasteiger partial charge in [-0.2, -0.15) is 0 Å². The first-order valence-corrected chi connectivity index (χ1v) is 11.9. The van der Waals surface area contributed by atoms with E-state index in [1.54, 1.807) is 35.5 Å². The predicted octanol–water partition coefficient (Wildman–Crippen LogP) is 6.30. The molecule has 170 valence electrons. The first-order chi connectivity index (χ1) is 16.0. The van der Waals surface area contributed by atoms with Gasteiger partial charge in [-0.15, -0.1) is 0 Å². The summed E-state index contributed by atoms with van der Waals surface area (Å²) in [5.74, 6) is 0.962. The van der Waals surface area contributed by atoms with Crippen LogP contribution in [0, 0.1) is 6.92 Å². The van der Waals surface area contributed by atoms with Crippen molar-refractivity contribution in [3.63, 3.8) is 0 Å². The quantitative estimate of drug-likeness (QED) is 0.295. The van der Waals surface area contributed by atoms with Crippen LogP contribution in [0.15, 0.2) is 54.9 Å². The number of benzene rings is 2. The number of amides is 1. The molecule has 0 fully saturated rings. The molecule has 0 spiro atoms. The zero-order chi connectivity index (χ0) is 23.4. The standard InChI is InChI=1S/C25H24ClN3O3S/c1-4-31-20-10-8-18(13-21(20)32-5-2)24(30)29(15-17-7-6-12-27-14-17)25-28-23-16(3)19(26)9-11-22(23)33-25/h6-14H,4-5,15H2,1-3H3. The fourth-order valence-electron chi connectivity index (χ4n) is 3.44. The van der Waals surface area contributed by atoms with Gasteiger partial charge in [-0.25, -0.2) is 4.98 Å². The first kappa shape index (κ1) is 23.0. The fraction of sp³-hybridized carbons (Fsp3) is 0.240. The molecule has 0 atom stereocenters. The molecule has 6 nitrogen and oxygen atoms in total. The maximum Gasteiger partial charge on any atom is 0.260 e. The number of hydrogen-bond donors (Lipinski definition) is 0. The highest BCUT2D eigenvalue weighted by Crippen LogP contribution is 2.36. The Balaban J connectivity index is 1.77. The van der Waals surface area contributed by atoms with Crippen LogP contribution in [0.1, 0.15) is 35.3 Å². The number of thiazole rings is 1. The zero-order valence-corrected chi connectivity index (χ0v) is 20.2. The molecular weight excluding hydrogens is 458 g/mol. The molecular formula is C25H24ClN3O3S.